The van der Waals surface area contributed by atoms with E-state index in [1.54, 1.807) is 42.6 Å². The number of fused-ring (bicyclic) bond motifs is 1. The second-order valence-corrected chi connectivity index (χ2v) is 5.14. The minimum absolute atomic E-state index is 0.0293. The van der Waals surface area contributed by atoms with Gasteiger partial charge in [-0.15, -0.1) is 0 Å². The molecule has 3 aromatic rings. The van der Waals surface area contributed by atoms with E-state index in [1.807, 2.05) is 0 Å². The second kappa shape index (κ2) is 5.27. The van der Waals surface area contributed by atoms with E-state index in [9.17, 15) is 9.90 Å². The first-order valence-corrected chi connectivity index (χ1v) is 6.74. The van der Waals surface area contributed by atoms with Crippen LogP contribution in [0.25, 0.3) is 5.65 Å². The maximum atomic E-state index is 11.5. The van der Waals surface area contributed by atoms with Crippen molar-refractivity contribution in [2.75, 3.05) is 5.32 Å². The number of nitrogens with zero attached hydrogens (tertiary/aromatic N) is 2. The summed E-state index contributed by atoms with van der Waals surface area (Å²) < 4.78 is 1.49. The number of aromatic nitrogens is 2. The van der Waals surface area contributed by atoms with Crippen LogP contribution in [0.2, 0.25) is 10.0 Å². The third-order valence-corrected chi connectivity index (χ3v) is 3.48. The number of anilines is 2. The number of hydrogen-bond donors (Lipinski definition) is 2. The number of benzene rings is 1. The van der Waals surface area contributed by atoms with Crippen LogP contribution in [-0.2, 0) is 0 Å². The zero-order valence-corrected chi connectivity index (χ0v) is 12.1. The van der Waals surface area contributed by atoms with Gasteiger partial charge in [0.25, 0.3) is 0 Å². The van der Waals surface area contributed by atoms with Gasteiger partial charge in [0.05, 0.1) is 10.7 Å². The first-order valence-electron chi connectivity index (χ1n) is 5.99. The average Bonchev–Trinajstić information content (AvgIpc) is 2.80. The zero-order chi connectivity index (χ0) is 15.0. The number of hydrogen-bond acceptors (Lipinski definition) is 3. The monoisotopic (exact) mass is 321 g/mol. The number of carbonyl (C=O) groups is 1. The number of rotatable bonds is 3. The molecule has 0 aliphatic heterocycles. The van der Waals surface area contributed by atoms with Crippen molar-refractivity contribution < 1.29 is 9.90 Å². The van der Waals surface area contributed by atoms with E-state index >= 15 is 0 Å². The highest BCUT2D eigenvalue weighted by Crippen LogP contribution is 2.29. The van der Waals surface area contributed by atoms with Crippen molar-refractivity contribution in [2.24, 2.45) is 0 Å². The first kappa shape index (κ1) is 13.7. The number of halogens is 2. The van der Waals surface area contributed by atoms with E-state index in [1.165, 1.54) is 4.40 Å². The van der Waals surface area contributed by atoms with Gasteiger partial charge in [0.15, 0.2) is 11.5 Å². The molecule has 0 unspecified atom stereocenters. The molecule has 1 aromatic carbocycles. The fraction of sp³-hybridized carbons (Fsp3) is 0. The third kappa shape index (κ3) is 2.53. The largest absolute Gasteiger partial charge is 0.476 e. The normalized spacial score (nSPS) is 10.8. The molecule has 106 valence electrons. The number of aromatic carboxylic acids is 1. The van der Waals surface area contributed by atoms with E-state index in [-0.39, 0.29) is 11.5 Å². The maximum Gasteiger partial charge on any atom is 0.356 e. The summed E-state index contributed by atoms with van der Waals surface area (Å²) in [4.78, 5) is 15.7. The summed E-state index contributed by atoms with van der Waals surface area (Å²) in [6.07, 6.45) is 1.64. The molecule has 0 fully saturated rings. The Kier molecular flexibility index (Phi) is 3.45. The van der Waals surface area contributed by atoms with Crippen molar-refractivity contribution in [3.8, 4) is 0 Å². The summed E-state index contributed by atoms with van der Waals surface area (Å²) >= 11 is 12.0. The lowest BCUT2D eigenvalue weighted by molar-refractivity contribution is 0.0690. The molecule has 3 rings (SSSR count). The molecule has 21 heavy (non-hydrogen) atoms. The molecular formula is C14H9Cl2N3O2. The van der Waals surface area contributed by atoms with E-state index in [0.29, 0.717) is 21.4 Å². The van der Waals surface area contributed by atoms with Gasteiger partial charge >= 0.3 is 5.97 Å². The minimum atomic E-state index is -1.09. The van der Waals surface area contributed by atoms with Crippen molar-refractivity contribution in [3.05, 3.63) is 58.3 Å². The first-order chi connectivity index (χ1) is 10.1. The molecule has 0 atom stereocenters. The molecule has 0 spiro atoms. The van der Waals surface area contributed by atoms with Crippen molar-refractivity contribution in [2.45, 2.75) is 0 Å². The molecule has 0 saturated carbocycles. The van der Waals surface area contributed by atoms with Gasteiger partial charge < -0.3 is 10.4 Å². The number of carboxylic acids is 1. The smallest absolute Gasteiger partial charge is 0.356 e. The SMILES string of the molecule is O=C(O)c1c(Nc2cc(Cl)ccc2Cl)nc2ccccn12. The number of imidazole rings is 1. The van der Waals surface area contributed by atoms with Crippen molar-refractivity contribution in [1.29, 1.82) is 0 Å². The topological polar surface area (TPSA) is 66.6 Å². The summed E-state index contributed by atoms with van der Waals surface area (Å²) in [6.45, 7) is 0. The fourth-order valence-corrected chi connectivity index (χ4v) is 2.35. The summed E-state index contributed by atoms with van der Waals surface area (Å²) in [5.41, 5.74) is 1.05. The molecule has 0 aliphatic carbocycles. The second-order valence-electron chi connectivity index (χ2n) is 4.29. The number of carboxylic acid groups (broad SMARTS) is 1. The molecule has 0 saturated heterocycles. The van der Waals surface area contributed by atoms with Crippen LogP contribution < -0.4 is 5.32 Å². The van der Waals surface area contributed by atoms with Crippen LogP contribution in [-0.4, -0.2) is 20.5 Å². The van der Waals surface area contributed by atoms with Crippen LogP contribution in [0.4, 0.5) is 11.5 Å². The molecule has 7 heteroatoms. The van der Waals surface area contributed by atoms with Gasteiger partial charge in [-0.1, -0.05) is 29.3 Å². The van der Waals surface area contributed by atoms with E-state index in [2.05, 4.69) is 10.3 Å². The third-order valence-electron chi connectivity index (χ3n) is 2.91. The van der Waals surface area contributed by atoms with Gasteiger partial charge in [0, 0.05) is 11.2 Å². The van der Waals surface area contributed by atoms with Crippen LogP contribution in [0.5, 0.6) is 0 Å². The van der Waals surface area contributed by atoms with Crippen LogP contribution >= 0.6 is 23.2 Å². The van der Waals surface area contributed by atoms with Gasteiger partial charge in [-0.3, -0.25) is 4.40 Å². The van der Waals surface area contributed by atoms with Crippen molar-refractivity contribution in [3.63, 3.8) is 0 Å². The van der Waals surface area contributed by atoms with Gasteiger partial charge in [-0.2, -0.15) is 0 Å². The lowest BCUT2D eigenvalue weighted by Crippen LogP contribution is -2.05. The Bertz CT molecular complexity index is 845. The lowest BCUT2D eigenvalue weighted by Gasteiger charge is -2.07. The molecule has 0 bridgehead atoms. The highest BCUT2D eigenvalue weighted by Gasteiger charge is 2.19. The van der Waals surface area contributed by atoms with Gasteiger partial charge in [0.2, 0.25) is 0 Å². The molecule has 2 heterocycles. The molecule has 2 N–H and O–H groups in total. The minimum Gasteiger partial charge on any atom is -0.476 e. The summed E-state index contributed by atoms with van der Waals surface area (Å²) in [6, 6.07) is 10.1. The standard InChI is InChI=1S/C14H9Cl2N3O2/c15-8-4-5-9(16)10(7-8)17-13-12(14(20)21)19-6-2-1-3-11(19)18-13/h1-7,17H,(H,20,21). The van der Waals surface area contributed by atoms with Crippen LogP contribution in [0.3, 0.4) is 0 Å². The quantitative estimate of drug-likeness (QED) is 0.762. The summed E-state index contributed by atoms with van der Waals surface area (Å²) in [7, 11) is 0. The fourth-order valence-electron chi connectivity index (χ4n) is 2.01. The summed E-state index contributed by atoms with van der Waals surface area (Å²) in [5, 5.41) is 13.2. The Hall–Kier alpha value is -2.24. The van der Waals surface area contributed by atoms with E-state index < -0.39 is 5.97 Å². The zero-order valence-electron chi connectivity index (χ0n) is 10.5. The lowest BCUT2D eigenvalue weighted by atomic mass is 10.3. The van der Waals surface area contributed by atoms with Crippen LogP contribution in [0.15, 0.2) is 42.6 Å². The Morgan fingerprint density at radius 3 is 2.81 bits per heavy atom. The molecule has 0 aliphatic rings. The molecule has 5 nitrogen and oxygen atoms in total. The highest BCUT2D eigenvalue weighted by atomic mass is 35.5. The number of nitrogens with one attached hydrogen (secondary N) is 1. The molecular weight excluding hydrogens is 313 g/mol. The number of pyridine rings is 1. The highest BCUT2D eigenvalue weighted by molar-refractivity contribution is 6.35. The Morgan fingerprint density at radius 1 is 1.24 bits per heavy atom. The molecule has 0 radical (unpaired) electrons. The Labute approximate surface area is 129 Å². The molecule has 2 aromatic heterocycles. The van der Waals surface area contributed by atoms with E-state index in [4.69, 9.17) is 23.2 Å². The maximum absolute atomic E-state index is 11.5. The van der Waals surface area contributed by atoms with Gasteiger partial charge in [-0.25, -0.2) is 9.78 Å². The average molecular weight is 322 g/mol. The van der Waals surface area contributed by atoms with Gasteiger partial charge in [0.1, 0.15) is 5.65 Å². The summed E-state index contributed by atoms with van der Waals surface area (Å²) in [5.74, 6) is -0.882. The Morgan fingerprint density at radius 2 is 2.05 bits per heavy atom. The van der Waals surface area contributed by atoms with Crippen LogP contribution in [0.1, 0.15) is 10.5 Å². The van der Waals surface area contributed by atoms with E-state index in [0.717, 1.165) is 0 Å². The predicted octanol–water partition coefficient (Wildman–Crippen LogP) is 4.08. The van der Waals surface area contributed by atoms with Crippen molar-refractivity contribution >= 4 is 46.3 Å². The van der Waals surface area contributed by atoms with Gasteiger partial charge in [-0.05, 0) is 30.3 Å². The predicted molar refractivity (Wildman–Crippen MR) is 81.9 cm³/mol. The Balaban J connectivity index is 2.14. The van der Waals surface area contributed by atoms with Crippen LogP contribution in [0, 0.1) is 0 Å². The van der Waals surface area contributed by atoms with Crippen molar-refractivity contribution in [1.82, 2.24) is 9.38 Å². The molecule has 0 amide bonds.